The van der Waals surface area contributed by atoms with Gasteiger partial charge in [0.15, 0.2) is 0 Å². The van der Waals surface area contributed by atoms with E-state index in [1.165, 1.54) is 11.1 Å². The standard InChI is InChI=1S/C24H30ClFN2O2S/c1-27-15-19-12-18-14-24(26)17(8-9-28-31(29,30)21-6-3-7-21)13-23(18)22(19)11-16-4-2-5-20(25)10-16/h2,4-5,10,13-14,19,21-22,27-28H,3,6-9,11-12,15H2,1H3. The molecular formula is C24H30ClFN2O2S. The molecule has 2 aliphatic rings. The fraction of sp³-hybridized carbons (Fsp3) is 0.500. The van der Waals surface area contributed by atoms with E-state index in [1.54, 1.807) is 6.07 Å². The first-order chi connectivity index (χ1) is 14.9. The molecule has 4 nitrogen and oxygen atoms in total. The second kappa shape index (κ2) is 9.57. The molecule has 2 N–H and O–H groups in total. The minimum atomic E-state index is -3.28. The summed E-state index contributed by atoms with van der Waals surface area (Å²) in [7, 11) is -1.34. The van der Waals surface area contributed by atoms with Crippen LogP contribution in [0.4, 0.5) is 4.39 Å². The molecule has 4 rings (SSSR count). The molecule has 7 heteroatoms. The van der Waals surface area contributed by atoms with E-state index < -0.39 is 10.0 Å². The van der Waals surface area contributed by atoms with Gasteiger partial charge in [-0.25, -0.2) is 17.5 Å². The van der Waals surface area contributed by atoms with Crippen LogP contribution in [0.2, 0.25) is 5.02 Å². The number of hydrogen-bond acceptors (Lipinski definition) is 3. The first-order valence-electron chi connectivity index (χ1n) is 11.1. The molecule has 0 aliphatic heterocycles. The lowest BCUT2D eigenvalue weighted by molar-refractivity contribution is 0.436. The lowest BCUT2D eigenvalue weighted by Gasteiger charge is -2.25. The van der Waals surface area contributed by atoms with Gasteiger partial charge in [0.05, 0.1) is 5.25 Å². The van der Waals surface area contributed by atoms with Gasteiger partial charge in [0.25, 0.3) is 0 Å². The van der Waals surface area contributed by atoms with Gasteiger partial charge in [0.1, 0.15) is 5.82 Å². The first-order valence-corrected chi connectivity index (χ1v) is 13.0. The number of hydrogen-bond donors (Lipinski definition) is 2. The molecule has 1 saturated carbocycles. The van der Waals surface area contributed by atoms with Crippen molar-refractivity contribution in [3.63, 3.8) is 0 Å². The van der Waals surface area contributed by atoms with Crippen molar-refractivity contribution >= 4 is 21.6 Å². The number of nitrogens with one attached hydrogen (secondary N) is 2. The Morgan fingerprint density at radius 2 is 2.00 bits per heavy atom. The maximum absolute atomic E-state index is 14.8. The van der Waals surface area contributed by atoms with Crippen molar-refractivity contribution in [2.24, 2.45) is 5.92 Å². The monoisotopic (exact) mass is 464 g/mol. The van der Waals surface area contributed by atoms with Crippen LogP contribution in [0, 0.1) is 11.7 Å². The molecule has 2 atom stereocenters. The minimum Gasteiger partial charge on any atom is -0.319 e. The molecule has 0 aromatic heterocycles. The summed E-state index contributed by atoms with van der Waals surface area (Å²) < 4.78 is 42.0. The number of fused-ring (bicyclic) bond motifs is 1. The third-order valence-corrected chi connectivity index (χ3v) is 8.95. The van der Waals surface area contributed by atoms with Gasteiger partial charge in [-0.1, -0.05) is 36.2 Å². The number of halogens is 2. The predicted molar refractivity (Wildman–Crippen MR) is 124 cm³/mol. The Bertz CT molecular complexity index is 1040. The van der Waals surface area contributed by atoms with Crippen molar-refractivity contribution in [2.45, 2.75) is 49.7 Å². The smallest absolute Gasteiger partial charge is 0.214 e. The fourth-order valence-electron chi connectivity index (χ4n) is 4.87. The number of sulfonamides is 1. The summed E-state index contributed by atoms with van der Waals surface area (Å²) in [6, 6.07) is 11.5. The Hall–Kier alpha value is -1.47. The van der Waals surface area contributed by atoms with Crippen LogP contribution in [0.25, 0.3) is 0 Å². The van der Waals surface area contributed by atoms with Crippen LogP contribution < -0.4 is 10.0 Å². The lowest BCUT2D eigenvalue weighted by Crippen LogP contribution is -2.39. The van der Waals surface area contributed by atoms with E-state index in [-0.39, 0.29) is 23.5 Å². The van der Waals surface area contributed by atoms with E-state index in [0.29, 0.717) is 17.9 Å². The van der Waals surface area contributed by atoms with Crippen molar-refractivity contribution in [3.8, 4) is 0 Å². The Balaban J connectivity index is 1.52. The van der Waals surface area contributed by atoms with Crippen LogP contribution in [-0.2, 0) is 29.3 Å². The maximum Gasteiger partial charge on any atom is 0.214 e. The summed E-state index contributed by atoms with van der Waals surface area (Å²) in [5.74, 6) is 0.408. The molecule has 0 radical (unpaired) electrons. The minimum absolute atomic E-state index is 0.230. The van der Waals surface area contributed by atoms with Crippen LogP contribution in [0.3, 0.4) is 0 Å². The zero-order valence-corrected chi connectivity index (χ0v) is 19.4. The molecule has 2 unspecified atom stereocenters. The maximum atomic E-state index is 14.8. The first kappa shape index (κ1) is 22.7. The van der Waals surface area contributed by atoms with Crippen molar-refractivity contribution in [1.82, 2.24) is 10.0 Å². The summed E-state index contributed by atoms with van der Waals surface area (Å²) in [5.41, 5.74) is 3.99. The van der Waals surface area contributed by atoms with Gasteiger partial charge in [-0.3, -0.25) is 0 Å². The van der Waals surface area contributed by atoms with E-state index in [9.17, 15) is 12.8 Å². The Kier molecular flexibility index (Phi) is 7.01. The second-order valence-electron chi connectivity index (χ2n) is 8.85. The van der Waals surface area contributed by atoms with E-state index in [0.717, 1.165) is 49.2 Å². The van der Waals surface area contributed by atoms with E-state index in [1.807, 2.05) is 31.3 Å². The SMILES string of the molecule is CNCC1Cc2cc(F)c(CCNS(=O)(=O)C3CCC3)cc2C1Cc1cccc(Cl)c1. The van der Waals surface area contributed by atoms with Gasteiger partial charge < -0.3 is 5.32 Å². The van der Waals surface area contributed by atoms with E-state index in [2.05, 4.69) is 16.1 Å². The number of rotatable bonds is 9. The third-order valence-electron chi connectivity index (χ3n) is 6.76. The molecule has 31 heavy (non-hydrogen) atoms. The molecular weight excluding hydrogens is 435 g/mol. The van der Waals surface area contributed by atoms with Gasteiger partial charge in [0.2, 0.25) is 10.0 Å². The summed E-state index contributed by atoms with van der Waals surface area (Å²) in [4.78, 5) is 0. The van der Waals surface area contributed by atoms with Crippen molar-refractivity contribution in [3.05, 3.63) is 69.5 Å². The molecule has 1 fully saturated rings. The Morgan fingerprint density at radius 1 is 1.19 bits per heavy atom. The molecule has 0 bridgehead atoms. The highest BCUT2D eigenvalue weighted by Crippen LogP contribution is 2.41. The lowest BCUT2D eigenvalue weighted by atomic mass is 9.86. The van der Waals surface area contributed by atoms with Crippen molar-refractivity contribution in [1.29, 1.82) is 0 Å². The highest BCUT2D eigenvalue weighted by Gasteiger charge is 2.34. The quantitative estimate of drug-likeness (QED) is 0.584. The molecule has 0 heterocycles. The predicted octanol–water partition coefficient (Wildman–Crippen LogP) is 4.21. The molecule has 0 amide bonds. The van der Waals surface area contributed by atoms with Crippen LogP contribution in [0.15, 0.2) is 36.4 Å². The highest BCUT2D eigenvalue weighted by molar-refractivity contribution is 7.90. The van der Waals surface area contributed by atoms with Gasteiger partial charge >= 0.3 is 0 Å². The van der Waals surface area contributed by atoms with Crippen LogP contribution in [0.1, 0.15) is 47.4 Å². The van der Waals surface area contributed by atoms with Crippen LogP contribution in [0.5, 0.6) is 0 Å². The number of benzene rings is 2. The second-order valence-corrected chi connectivity index (χ2v) is 11.3. The Morgan fingerprint density at radius 3 is 2.68 bits per heavy atom. The zero-order chi connectivity index (χ0) is 22.0. The summed E-state index contributed by atoms with van der Waals surface area (Å²) in [5, 5.41) is 3.72. The summed E-state index contributed by atoms with van der Waals surface area (Å²) in [6.07, 6.45) is 4.45. The topological polar surface area (TPSA) is 58.2 Å². The largest absolute Gasteiger partial charge is 0.319 e. The highest BCUT2D eigenvalue weighted by atomic mass is 35.5. The molecule has 0 saturated heterocycles. The average Bonchev–Trinajstić information content (AvgIpc) is 2.96. The van der Waals surface area contributed by atoms with E-state index >= 15 is 0 Å². The van der Waals surface area contributed by atoms with Crippen LogP contribution in [-0.4, -0.2) is 33.8 Å². The third kappa shape index (κ3) is 5.14. The Labute approximate surface area is 189 Å². The van der Waals surface area contributed by atoms with Gasteiger partial charge in [-0.05, 0) is 98.0 Å². The van der Waals surface area contributed by atoms with Crippen LogP contribution >= 0.6 is 11.6 Å². The van der Waals surface area contributed by atoms with Crippen molar-refractivity contribution in [2.75, 3.05) is 20.1 Å². The molecule has 2 aromatic rings. The molecule has 2 aromatic carbocycles. The van der Waals surface area contributed by atoms with E-state index in [4.69, 9.17) is 11.6 Å². The average molecular weight is 465 g/mol. The normalized spacial score (nSPS) is 21.1. The summed E-state index contributed by atoms with van der Waals surface area (Å²) >= 11 is 6.19. The van der Waals surface area contributed by atoms with Gasteiger partial charge in [0, 0.05) is 11.6 Å². The van der Waals surface area contributed by atoms with Gasteiger partial charge in [-0.15, -0.1) is 0 Å². The fourth-order valence-corrected chi connectivity index (χ4v) is 6.66. The van der Waals surface area contributed by atoms with Crippen molar-refractivity contribution < 1.29 is 12.8 Å². The zero-order valence-electron chi connectivity index (χ0n) is 17.8. The molecule has 168 valence electrons. The summed E-state index contributed by atoms with van der Waals surface area (Å²) in [6.45, 7) is 1.09. The molecule has 0 spiro atoms. The molecule has 2 aliphatic carbocycles. The van der Waals surface area contributed by atoms with Gasteiger partial charge in [-0.2, -0.15) is 0 Å².